The van der Waals surface area contributed by atoms with Crippen LogP contribution in [-0.2, 0) is 11.2 Å². The summed E-state index contributed by atoms with van der Waals surface area (Å²) in [5.41, 5.74) is 0.0428. The van der Waals surface area contributed by atoms with Gasteiger partial charge in [-0.3, -0.25) is 0 Å². The van der Waals surface area contributed by atoms with Crippen LogP contribution in [-0.4, -0.2) is 6.29 Å². The molecule has 0 aromatic heterocycles. The summed E-state index contributed by atoms with van der Waals surface area (Å²) >= 11 is 2.98. The molecule has 0 spiro atoms. The van der Waals surface area contributed by atoms with Crippen molar-refractivity contribution in [1.29, 1.82) is 0 Å². The summed E-state index contributed by atoms with van der Waals surface area (Å²) in [6.45, 7) is 0. The van der Waals surface area contributed by atoms with Gasteiger partial charge in [0, 0.05) is 12.0 Å². The van der Waals surface area contributed by atoms with Crippen LogP contribution >= 0.6 is 15.9 Å². The van der Waals surface area contributed by atoms with E-state index < -0.39 is 11.6 Å². The van der Waals surface area contributed by atoms with Gasteiger partial charge in [-0.05, 0) is 40.9 Å². The van der Waals surface area contributed by atoms with Gasteiger partial charge in [0.1, 0.15) is 17.9 Å². The topological polar surface area (TPSA) is 17.1 Å². The van der Waals surface area contributed by atoms with Gasteiger partial charge in [-0.15, -0.1) is 0 Å². The largest absolute Gasteiger partial charge is 0.303 e. The second kappa shape index (κ2) is 5.20. The first-order valence-electron chi connectivity index (χ1n) is 4.23. The third-order valence-corrected chi connectivity index (χ3v) is 2.50. The molecule has 1 rings (SSSR count). The maximum atomic E-state index is 13.3. The molecule has 0 aliphatic heterocycles. The highest BCUT2D eigenvalue weighted by Gasteiger charge is 2.11. The normalized spacial score (nSPS) is 10.2. The number of aldehydes is 1. The molecule has 1 aromatic rings. The van der Waals surface area contributed by atoms with Gasteiger partial charge in [-0.2, -0.15) is 0 Å². The van der Waals surface area contributed by atoms with Gasteiger partial charge in [-0.25, -0.2) is 8.78 Å². The molecule has 0 heterocycles. The van der Waals surface area contributed by atoms with E-state index >= 15 is 0 Å². The van der Waals surface area contributed by atoms with E-state index in [1.165, 1.54) is 12.1 Å². The summed E-state index contributed by atoms with van der Waals surface area (Å²) in [5.74, 6) is -1.13. The molecule has 76 valence electrons. The van der Waals surface area contributed by atoms with Crippen LogP contribution in [0.5, 0.6) is 0 Å². The van der Waals surface area contributed by atoms with Crippen LogP contribution < -0.4 is 0 Å². The van der Waals surface area contributed by atoms with Crippen molar-refractivity contribution in [3.05, 3.63) is 33.8 Å². The number of carbonyl (C=O) groups excluding carboxylic acids is 1. The summed E-state index contributed by atoms with van der Waals surface area (Å²) in [4.78, 5) is 10.0. The van der Waals surface area contributed by atoms with Gasteiger partial charge in [0.25, 0.3) is 0 Å². The highest BCUT2D eigenvalue weighted by molar-refractivity contribution is 9.10. The van der Waals surface area contributed by atoms with Gasteiger partial charge in [0.2, 0.25) is 0 Å². The summed E-state index contributed by atoms with van der Waals surface area (Å²) in [6, 6.07) is 2.54. The minimum Gasteiger partial charge on any atom is -0.303 e. The van der Waals surface area contributed by atoms with Crippen molar-refractivity contribution < 1.29 is 13.6 Å². The monoisotopic (exact) mass is 262 g/mol. The zero-order valence-electron chi connectivity index (χ0n) is 7.40. The minimum absolute atomic E-state index is 0.0428. The third-order valence-electron chi connectivity index (χ3n) is 1.89. The van der Waals surface area contributed by atoms with E-state index in [0.29, 0.717) is 12.8 Å². The Kier molecular flexibility index (Phi) is 4.20. The number of benzene rings is 1. The fourth-order valence-electron chi connectivity index (χ4n) is 1.16. The average Bonchev–Trinajstić information content (AvgIpc) is 2.18. The van der Waals surface area contributed by atoms with E-state index in [4.69, 9.17) is 0 Å². The molecule has 0 radical (unpaired) electrons. The molecular formula is C10H9BrF2O. The molecule has 0 bridgehead atoms. The first-order chi connectivity index (χ1) is 6.66. The van der Waals surface area contributed by atoms with E-state index in [2.05, 4.69) is 15.9 Å². The first-order valence-corrected chi connectivity index (χ1v) is 5.02. The Labute approximate surface area is 89.3 Å². The molecule has 0 unspecified atom stereocenters. The summed E-state index contributed by atoms with van der Waals surface area (Å²) in [7, 11) is 0. The molecule has 0 saturated carbocycles. The van der Waals surface area contributed by atoms with Crippen molar-refractivity contribution in [1.82, 2.24) is 0 Å². The number of unbranched alkanes of at least 4 members (excludes halogenated alkanes) is 1. The SMILES string of the molecule is O=CCCCc1c(F)ccc(Br)c1F. The van der Waals surface area contributed by atoms with E-state index in [-0.39, 0.29) is 16.5 Å². The standard InChI is InChI=1S/C10H9BrF2O/c11-8-4-5-9(12)7(10(8)13)3-1-2-6-14/h4-6H,1-3H2. The molecule has 4 heteroatoms. The fraction of sp³-hybridized carbons (Fsp3) is 0.300. The number of carbonyl (C=O) groups is 1. The summed E-state index contributed by atoms with van der Waals surface area (Å²) in [6.07, 6.45) is 1.78. The quantitative estimate of drug-likeness (QED) is 0.463. The third kappa shape index (κ3) is 2.61. The zero-order chi connectivity index (χ0) is 10.6. The van der Waals surface area contributed by atoms with E-state index in [9.17, 15) is 13.6 Å². The van der Waals surface area contributed by atoms with Crippen LogP contribution in [0.3, 0.4) is 0 Å². The maximum absolute atomic E-state index is 13.3. The summed E-state index contributed by atoms with van der Waals surface area (Å²) in [5, 5.41) is 0. The lowest BCUT2D eigenvalue weighted by Crippen LogP contribution is -1.97. The van der Waals surface area contributed by atoms with Crippen molar-refractivity contribution in [2.24, 2.45) is 0 Å². The van der Waals surface area contributed by atoms with Crippen molar-refractivity contribution in [3.8, 4) is 0 Å². The van der Waals surface area contributed by atoms with E-state index in [0.717, 1.165) is 6.29 Å². The average molecular weight is 263 g/mol. The van der Waals surface area contributed by atoms with E-state index in [1.807, 2.05) is 0 Å². The Hall–Kier alpha value is -0.770. The Balaban J connectivity index is 2.83. The highest BCUT2D eigenvalue weighted by atomic mass is 79.9. The second-order valence-electron chi connectivity index (χ2n) is 2.88. The number of hydrogen-bond acceptors (Lipinski definition) is 1. The van der Waals surface area contributed by atoms with Gasteiger partial charge < -0.3 is 4.79 Å². The molecular weight excluding hydrogens is 254 g/mol. The minimum atomic E-state index is -0.573. The van der Waals surface area contributed by atoms with Crippen molar-refractivity contribution in [3.63, 3.8) is 0 Å². The zero-order valence-corrected chi connectivity index (χ0v) is 8.98. The Morgan fingerprint density at radius 1 is 1.36 bits per heavy atom. The number of hydrogen-bond donors (Lipinski definition) is 0. The molecule has 1 aromatic carbocycles. The smallest absolute Gasteiger partial charge is 0.143 e. The van der Waals surface area contributed by atoms with Crippen LogP contribution in [0, 0.1) is 11.6 Å². The van der Waals surface area contributed by atoms with Gasteiger partial charge in [0.05, 0.1) is 4.47 Å². The van der Waals surface area contributed by atoms with Crippen molar-refractivity contribution in [2.45, 2.75) is 19.3 Å². The lowest BCUT2D eigenvalue weighted by atomic mass is 10.1. The van der Waals surface area contributed by atoms with Crippen LogP contribution in [0.15, 0.2) is 16.6 Å². The molecule has 1 nitrogen and oxygen atoms in total. The lowest BCUT2D eigenvalue weighted by molar-refractivity contribution is -0.107. The Morgan fingerprint density at radius 3 is 2.71 bits per heavy atom. The predicted molar refractivity (Wildman–Crippen MR) is 53.1 cm³/mol. The highest BCUT2D eigenvalue weighted by Crippen LogP contribution is 2.22. The summed E-state index contributed by atoms with van der Waals surface area (Å²) < 4.78 is 26.7. The second-order valence-corrected chi connectivity index (χ2v) is 3.73. The van der Waals surface area contributed by atoms with Crippen LogP contribution in [0.4, 0.5) is 8.78 Å². The maximum Gasteiger partial charge on any atom is 0.143 e. The Morgan fingerprint density at radius 2 is 2.07 bits per heavy atom. The molecule has 0 fully saturated rings. The number of rotatable bonds is 4. The lowest BCUT2D eigenvalue weighted by Gasteiger charge is -2.04. The number of halogens is 3. The molecule has 0 N–H and O–H groups in total. The van der Waals surface area contributed by atoms with E-state index in [1.54, 1.807) is 0 Å². The molecule has 14 heavy (non-hydrogen) atoms. The molecule has 0 aliphatic rings. The van der Waals surface area contributed by atoms with Crippen LogP contribution in [0.2, 0.25) is 0 Å². The van der Waals surface area contributed by atoms with Gasteiger partial charge in [0.15, 0.2) is 0 Å². The van der Waals surface area contributed by atoms with Crippen molar-refractivity contribution in [2.75, 3.05) is 0 Å². The van der Waals surface area contributed by atoms with Crippen molar-refractivity contribution >= 4 is 22.2 Å². The first kappa shape index (κ1) is 11.3. The Bertz CT molecular complexity index is 339. The van der Waals surface area contributed by atoms with Gasteiger partial charge in [-0.1, -0.05) is 0 Å². The molecule has 0 amide bonds. The molecule has 0 saturated heterocycles. The van der Waals surface area contributed by atoms with Crippen LogP contribution in [0.25, 0.3) is 0 Å². The molecule has 0 aliphatic carbocycles. The molecule has 0 atom stereocenters. The fourth-order valence-corrected chi connectivity index (χ4v) is 1.53. The van der Waals surface area contributed by atoms with Gasteiger partial charge >= 0.3 is 0 Å². The predicted octanol–water partition coefficient (Wildman–Crippen LogP) is 3.25. The van der Waals surface area contributed by atoms with Crippen LogP contribution in [0.1, 0.15) is 18.4 Å².